The number of carboxylic acids is 1. The van der Waals surface area contributed by atoms with E-state index in [0.29, 0.717) is 48.5 Å². The Hall–Kier alpha value is -4.38. The second-order valence-electron chi connectivity index (χ2n) is 14.6. The van der Waals surface area contributed by atoms with Crippen LogP contribution in [0, 0.1) is 5.92 Å². The Balaban J connectivity index is 1.44. The maximum atomic E-state index is 15.0. The first-order valence-corrected chi connectivity index (χ1v) is 19.9. The number of hydrogen-bond donors (Lipinski definition) is 2. The smallest absolute Gasteiger partial charge is 0.425 e. The summed E-state index contributed by atoms with van der Waals surface area (Å²) in [6.07, 6.45) is -6.11. The van der Waals surface area contributed by atoms with Crippen LogP contribution in [0.2, 0.25) is 0 Å². The van der Waals surface area contributed by atoms with E-state index >= 15 is 0 Å². The normalized spacial score (nSPS) is 20.5. The second-order valence-corrected chi connectivity index (χ2v) is 15.5. The van der Waals surface area contributed by atoms with Crippen molar-refractivity contribution in [2.24, 2.45) is 5.92 Å². The molecule has 2 aromatic heterocycles. The van der Waals surface area contributed by atoms with Crippen molar-refractivity contribution in [3.63, 3.8) is 0 Å². The average molecular weight is 828 g/mol. The lowest BCUT2D eigenvalue weighted by Crippen LogP contribution is -2.68. The minimum absolute atomic E-state index is 0.0236. The number of piperidine rings is 2. The van der Waals surface area contributed by atoms with Crippen molar-refractivity contribution >= 4 is 29.1 Å². The number of carbonyl (C=O) groups is 3. The molecule has 10 nitrogen and oxygen atoms in total. The van der Waals surface area contributed by atoms with Crippen molar-refractivity contribution in [3.05, 3.63) is 75.7 Å². The number of nitrogens with zero attached hydrogens (tertiary/aromatic N) is 3. The minimum Gasteiger partial charge on any atom is -0.493 e. The molecule has 5 rings (SSSR count). The van der Waals surface area contributed by atoms with Gasteiger partial charge in [-0.15, -0.1) is 11.3 Å². The molecule has 0 radical (unpaired) electrons. The molecule has 312 valence electrons. The Morgan fingerprint density at radius 1 is 1.00 bits per heavy atom. The van der Waals surface area contributed by atoms with Gasteiger partial charge in [-0.3, -0.25) is 19.4 Å². The predicted molar refractivity (Wildman–Crippen MR) is 198 cm³/mol. The highest BCUT2D eigenvalue weighted by molar-refractivity contribution is 7.10. The topological polar surface area (TPSA) is 130 Å². The highest BCUT2D eigenvalue weighted by Gasteiger charge is 2.57. The summed E-state index contributed by atoms with van der Waals surface area (Å²) in [6.45, 7) is 3.93. The summed E-state index contributed by atoms with van der Waals surface area (Å²) in [7, 11) is 0. The number of thiophene rings is 1. The van der Waals surface area contributed by atoms with Gasteiger partial charge in [0, 0.05) is 55.7 Å². The van der Waals surface area contributed by atoms with Gasteiger partial charge in [0.1, 0.15) is 22.1 Å². The Labute approximate surface area is 330 Å². The summed E-state index contributed by atoms with van der Waals surface area (Å²) in [5, 5.41) is 22.2. The van der Waals surface area contributed by atoms with E-state index in [0.717, 1.165) is 41.1 Å². The first-order chi connectivity index (χ1) is 26.9. The number of amides is 2. The van der Waals surface area contributed by atoms with Crippen molar-refractivity contribution in [1.29, 1.82) is 0 Å². The van der Waals surface area contributed by atoms with Gasteiger partial charge in [0.15, 0.2) is 0 Å². The second kappa shape index (κ2) is 18.0. The van der Waals surface area contributed by atoms with Crippen LogP contribution in [0.3, 0.4) is 0 Å². The third kappa shape index (κ3) is 10.0. The number of aliphatic carboxylic acids is 1. The predicted octanol–water partition coefficient (Wildman–Crippen LogP) is 8.57. The lowest BCUT2D eigenvalue weighted by molar-refractivity contribution is -0.163. The molecular formula is C40H47F6N3O7S. The molecule has 3 aromatic rings. The first-order valence-electron chi connectivity index (χ1n) is 19.1. The zero-order valence-corrected chi connectivity index (χ0v) is 32.5. The molecule has 0 bridgehead atoms. The average Bonchev–Trinajstić information content (AvgIpc) is 3.65. The largest absolute Gasteiger partial charge is 0.493 e. The molecule has 57 heavy (non-hydrogen) atoms. The van der Waals surface area contributed by atoms with Crippen LogP contribution in [0.1, 0.15) is 105 Å². The molecule has 0 aliphatic carbocycles. The number of aromatic nitrogens is 1. The van der Waals surface area contributed by atoms with Gasteiger partial charge >= 0.3 is 18.3 Å². The van der Waals surface area contributed by atoms with E-state index in [1.807, 2.05) is 6.92 Å². The molecule has 2 fully saturated rings. The van der Waals surface area contributed by atoms with Crippen molar-refractivity contribution in [2.75, 3.05) is 26.2 Å². The molecule has 0 spiro atoms. The fourth-order valence-electron chi connectivity index (χ4n) is 7.82. The summed E-state index contributed by atoms with van der Waals surface area (Å²) in [6, 6.07) is 8.33. The zero-order chi connectivity index (χ0) is 41.6. The monoisotopic (exact) mass is 827 g/mol. The van der Waals surface area contributed by atoms with Gasteiger partial charge in [0.05, 0.1) is 23.8 Å². The van der Waals surface area contributed by atoms with Crippen LogP contribution < -0.4 is 9.47 Å². The van der Waals surface area contributed by atoms with E-state index < -0.39 is 63.5 Å². The van der Waals surface area contributed by atoms with Crippen molar-refractivity contribution in [2.45, 2.75) is 108 Å². The molecular weight excluding hydrogens is 781 g/mol. The highest BCUT2D eigenvalue weighted by atomic mass is 32.1. The fraction of sp³-hybridized carbons (Fsp3) is 0.550. The molecule has 2 aliphatic rings. The van der Waals surface area contributed by atoms with Gasteiger partial charge in [-0.1, -0.05) is 44.9 Å². The summed E-state index contributed by atoms with van der Waals surface area (Å²) in [5.41, 5.74) is -5.07. The number of rotatable bonds is 15. The number of para-hydroxylation sites is 1. The van der Waals surface area contributed by atoms with Crippen LogP contribution >= 0.6 is 11.3 Å². The first kappa shape index (κ1) is 43.7. The van der Waals surface area contributed by atoms with Crippen LogP contribution in [-0.4, -0.2) is 80.7 Å². The van der Waals surface area contributed by atoms with Crippen LogP contribution in [0.4, 0.5) is 26.3 Å². The lowest BCUT2D eigenvalue weighted by atomic mass is 9.78. The Bertz CT molecular complexity index is 1860. The Morgan fingerprint density at radius 3 is 2.35 bits per heavy atom. The van der Waals surface area contributed by atoms with Gasteiger partial charge in [0.2, 0.25) is 5.60 Å². The molecule has 1 aromatic carbocycles. The number of halogens is 6. The SMILES string of the molecule is CCC[C@H]1N(C(=O)c2ncccc2C(F)(F)F)CCC[C@@]1(Oc1csc(C(F)(F)F)c1)C(=O)N1CCC(O)(c2ccccc2OC[C@H](CC)CCCC(=O)O)CC1. The number of carboxylic acid groups (broad SMARTS) is 1. The molecule has 2 aliphatic heterocycles. The van der Waals surface area contributed by atoms with E-state index in [1.165, 1.54) is 4.90 Å². The lowest BCUT2D eigenvalue weighted by Gasteiger charge is -2.51. The fourth-order valence-corrected chi connectivity index (χ4v) is 8.50. The van der Waals surface area contributed by atoms with Gasteiger partial charge < -0.3 is 29.5 Å². The molecule has 2 saturated heterocycles. The summed E-state index contributed by atoms with van der Waals surface area (Å²) < 4.78 is 95.9. The summed E-state index contributed by atoms with van der Waals surface area (Å²) in [5.74, 6) is -2.37. The number of alkyl halides is 6. The Kier molecular flexibility index (Phi) is 13.8. The maximum absolute atomic E-state index is 15.0. The Morgan fingerprint density at radius 2 is 1.72 bits per heavy atom. The number of pyridine rings is 1. The van der Waals surface area contributed by atoms with E-state index in [1.54, 1.807) is 31.2 Å². The molecule has 2 amide bonds. The number of ether oxygens (including phenoxy) is 2. The number of carbonyl (C=O) groups excluding carboxylic acids is 2. The molecule has 2 N–H and O–H groups in total. The summed E-state index contributed by atoms with van der Waals surface area (Å²) >= 11 is 0.366. The molecule has 3 atom stereocenters. The van der Waals surface area contributed by atoms with Crippen molar-refractivity contribution in [1.82, 2.24) is 14.8 Å². The third-order valence-electron chi connectivity index (χ3n) is 10.8. The molecule has 0 unspecified atom stereocenters. The minimum atomic E-state index is -4.92. The van der Waals surface area contributed by atoms with Crippen molar-refractivity contribution in [3.8, 4) is 11.5 Å². The standard InChI is InChI=1S/C40H47F6N3O7S/c1-3-10-31-38(56-27-23-32(57-25-27)40(44,45)46,16-9-20-49(31)35(52)34-29(39(41,42)43)13-8-19-47-34)36(53)48-21-17-37(54,18-22-48)28-12-5-6-14-30(28)55-24-26(4-2)11-7-15-33(50)51/h5-6,8,12-14,19,23,25-26,31,54H,3-4,7,9-11,15-18,20-22,24H2,1-2H3,(H,50,51)/t26-,31-,38+/m1/s1. The van der Waals surface area contributed by atoms with E-state index in [2.05, 4.69) is 4.98 Å². The van der Waals surface area contributed by atoms with Gasteiger partial charge in [-0.25, -0.2) is 0 Å². The zero-order valence-electron chi connectivity index (χ0n) is 31.7. The van der Waals surface area contributed by atoms with Crippen LogP contribution in [-0.2, 0) is 27.5 Å². The van der Waals surface area contributed by atoms with Crippen LogP contribution in [0.25, 0.3) is 0 Å². The number of hydrogen-bond acceptors (Lipinski definition) is 8. The number of aliphatic hydroxyl groups is 1. The number of benzene rings is 1. The molecule has 17 heteroatoms. The summed E-state index contributed by atoms with van der Waals surface area (Å²) in [4.78, 5) is 45.4. The van der Waals surface area contributed by atoms with Gasteiger partial charge in [-0.2, -0.15) is 26.3 Å². The van der Waals surface area contributed by atoms with E-state index in [-0.39, 0.29) is 69.8 Å². The quantitative estimate of drug-likeness (QED) is 0.146. The van der Waals surface area contributed by atoms with E-state index in [9.17, 15) is 45.8 Å². The maximum Gasteiger partial charge on any atom is 0.425 e. The van der Waals surface area contributed by atoms with Crippen molar-refractivity contribution < 1.29 is 60.4 Å². The van der Waals surface area contributed by atoms with E-state index in [4.69, 9.17) is 14.6 Å². The highest BCUT2D eigenvalue weighted by Crippen LogP contribution is 2.44. The van der Waals surface area contributed by atoms with Crippen LogP contribution in [0.15, 0.2) is 54.0 Å². The van der Waals surface area contributed by atoms with Gasteiger partial charge in [-0.05, 0) is 62.6 Å². The number of likely N-dealkylation sites (tertiary alicyclic amines) is 2. The van der Waals surface area contributed by atoms with Gasteiger partial charge in [0.25, 0.3) is 11.8 Å². The molecule has 0 saturated carbocycles. The third-order valence-corrected chi connectivity index (χ3v) is 11.8. The van der Waals surface area contributed by atoms with Crippen LogP contribution in [0.5, 0.6) is 11.5 Å². The molecule has 4 heterocycles.